The van der Waals surface area contributed by atoms with Crippen LogP contribution in [0.5, 0.6) is 5.75 Å². The molecule has 2 atom stereocenters. The van der Waals surface area contributed by atoms with E-state index in [0.29, 0.717) is 156 Å². The third-order valence-electron chi connectivity index (χ3n) is 10.7. The SMILES string of the molecule is O=C(CCOCCOCCOCCOCCn1cc(COCCOCCOCCOCCN(Cc2c(Cl)cccc2Cl)c2nc(Cl)nc3c2cnn3C2CCC(COCP(O)O)O2)nn1)Oc1c(F)cc(F)cc1F. The molecule has 3 aromatic heterocycles. The molecule has 1 saturated heterocycles. The number of hydrogen-bond donors (Lipinski definition) is 2. The maximum absolute atomic E-state index is 13.6. The van der Waals surface area contributed by atoms with Gasteiger partial charge in [0.1, 0.15) is 23.7 Å². The average molecular weight is 1140 g/mol. The van der Waals surface area contributed by atoms with Crippen LogP contribution in [0.15, 0.2) is 42.7 Å². The Bertz CT molecular complexity index is 2450. The zero-order chi connectivity index (χ0) is 53.2. The number of fused-ring (bicyclic) bond motifs is 1. The fourth-order valence-electron chi connectivity index (χ4n) is 7.12. The maximum atomic E-state index is 13.6. The highest BCUT2D eigenvalue weighted by Crippen LogP contribution is 2.35. The van der Waals surface area contributed by atoms with Crippen LogP contribution >= 0.6 is 43.2 Å². The quantitative estimate of drug-likeness (QED) is 0.0150. The standard InChI is InChI=1S/C46H59Cl3F3N8O14P/c47-37-2-1-3-38(48)36(37)28-58(44-35-26-53-60(45(35)55-46(49)54-44)41-5-4-34(73-41)30-72-31-75(62)63)7-10-65-13-16-68-20-21-70-22-23-71-29-33-27-59(57-56-33)8-11-66-14-17-69-19-18-67-15-12-64-9-6-42(61)74-43-39(51)24-32(50)25-40(43)52/h1-3,24-27,34,41,62-63H,4-23,28-31H2. The van der Waals surface area contributed by atoms with Crippen molar-refractivity contribution in [2.24, 2.45) is 0 Å². The van der Waals surface area contributed by atoms with Crippen LogP contribution in [0.4, 0.5) is 19.0 Å². The first-order valence-corrected chi connectivity index (χ1v) is 26.3. The predicted octanol–water partition coefficient (Wildman–Crippen LogP) is 6.08. The summed E-state index contributed by atoms with van der Waals surface area (Å²) in [6.07, 6.45) is 3.67. The van der Waals surface area contributed by atoms with Gasteiger partial charge in [0.25, 0.3) is 0 Å². The van der Waals surface area contributed by atoms with E-state index in [1.807, 2.05) is 4.90 Å². The van der Waals surface area contributed by atoms with Crippen molar-refractivity contribution in [3.63, 3.8) is 0 Å². The molecule has 5 aromatic rings. The van der Waals surface area contributed by atoms with Crippen molar-refractivity contribution < 1.29 is 79.9 Å². The lowest BCUT2D eigenvalue weighted by Gasteiger charge is -2.25. The van der Waals surface area contributed by atoms with E-state index in [4.69, 9.17) is 92.0 Å². The van der Waals surface area contributed by atoms with Gasteiger partial charge in [-0.3, -0.25) is 4.79 Å². The van der Waals surface area contributed by atoms with Crippen LogP contribution in [0.25, 0.3) is 11.0 Å². The number of carbonyl (C=O) groups excluding carboxylic acids is 1. The molecule has 0 radical (unpaired) electrons. The largest absolute Gasteiger partial charge is 0.420 e. The van der Waals surface area contributed by atoms with Crippen molar-refractivity contribution >= 4 is 66.0 Å². The molecule has 1 fully saturated rings. The molecule has 2 unspecified atom stereocenters. The van der Waals surface area contributed by atoms with Gasteiger partial charge in [-0.05, 0) is 36.6 Å². The Morgan fingerprint density at radius 2 is 1.37 bits per heavy atom. The third kappa shape index (κ3) is 21.1. The number of halogens is 6. The minimum Gasteiger partial charge on any atom is -0.420 e. The Kier molecular flexibility index (Phi) is 26.8. The van der Waals surface area contributed by atoms with Crippen LogP contribution in [-0.4, -0.2) is 175 Å². The second-order valence-corrected chi connectivity index (χ2v) is 18.3. The minimum atomic E-state index is -2.15. The van der Waals surface area contributed by atoms with Crippen LogP contribution in [0.2, 0.25) is 15.3 Å². The minimum absolute atomic E-state index is 0.0122. The van der Waals surface area contributed by atoms with Gasteiger partial charge >= 0.3 is 5.97 Å². The number of rotatable bonds is 38. The fraction of sp³-hybridized carbons (Fsp3) is 0.565. The molecule has 0 amide bonds. The number of carbonyl (C=O) groups is 1. The molecular formula is C46H59Cl3F3N8O14P. The topological polar surface area (TPSA) is 237 Å². The van der Waals surface area contributed by atoms with E-state index in [1.54, 1.807) is 40.0 Å². The second kappa shape index (κ2) is 33.3. The van der Waals surface area contributed by atoms with Crippen molar-refractivity contribution in [3.8, 4) is 5.75 Å². The highest BCUT2D eigenvalue weighted by atomic mass is 35.5. The number of ether oxygens (including phenoxy) is 11. The van der Waals surface area contributed by atoms with Crippen molar-refractivity contribution in [1.82, 2.24) is 34.7 Å². The maximum Gasteiger partial charge on any atom is 0.313 e. The number of benzene rings is 2. The lowest BCUT2D eigenvalue weighted by atomic mass is 10.2. The monoisotopic (exact) mass is 1140 g/mol. The summed E-state index contributed by atoms with van der Waals surface area (Å²) in [5.74, 6) is -5.12. The zero-order valence-corrected chi connectivity index (χ0v) is 43.9. The highest BCUT2D eigenvalue weighted by molar-refractivity contribution is 7.44. The van der Waals surface area contributed by atoms with Crippen LogP contribution in [-0.2, 0) is 71.9 Å². The Morgan fingerprint density at radius 1 is 0.773 bits per heavy atom. The molecular weight excluding hydrogens is 1080 g/mol. The van der Waals surface area contributed by atoms with Crippen LogP contribution in [0.1, 0.15) is 36.7 Å². The molecule has 29 heteroatoms. The number of aromatic nitrogens is 7. The van der Waals surface area contributed by atoms with Crippen LogP contribution in [0, 0.1) is 17.5 Å². The Hall–Kier alpha value is -3.99. The number of esters is 1. The summed E-state index contributed by atoms with van der Waals surface area (Å²) in [5, 5.41) is 14.4. The molecule has 1 aliphatic rings. The lowest BCUT2D eigenvalue weighted by molar-refractivity contribution is -0.136. The molecule has 0 spiro atoms. The molecule has 2 N–H and O–H groups in total. The summed E-state index contributed by atoms with van der Waals surface area (Å²) in [5.41, 5.74) is 1.85. The van der Waals surface area contributed by atoms with Crippen molar-refractivity contribution in [3.05, 3.63) is 86.8 Å². The van der Waals surface area contributed by atoms with Gasteiger partial charge < -0.3 is 66.8 Å². The molecule has 75 heavy (non-hydrogen) atoms. The zero-order valence-electron chi connectivity index (χ0n) is 40.8. The summed E-state index contributed by atoms with van der Waals surface area (Å²) in [7, 11) is -2.15. The van der Waals surface area contributed by atoms with Gasteiger partial charge in [0.15, 0.2) is 31.9 Å². The molecule has 0 bridgehead atoms. The lowest BCUT2D eigenvalue weighted by Crippen LogP contribution is -2.29. The van der Waals surface area contributed by atoms with Gasteiger partial charge in [0.05, 0.1) is 149 Å². The summed E-state index contributed by atoms with van der Waals surface area (Å²) < 4.78 is 104. The molecule has 1 aliphatic heterocycles. The van der Waals surface area contributed by atoms with Gasteiger partial charge in [0.2, 0.25) is 11.0 Å². The van der Waals surface area contributed by atoms with Gasteiger partial charge in [-0.15, -0.1) is 5.10 Å². The Labute approximate surface area is 446 Å². The first-order chi connectivity index (χ1) is 36.4. The fourth-order valence-corrected chi connectivity index (χ4v) is 8.06. The molecule has 0 aliphatic carbocycles. The van der Waals surface area contributed by atoms with Crippen molar-refractivity contribution in [1.29, 1.82) is 0 Å². The third-order valence-corrected chi connectivity index (χ3v) is 11.9. The van der Waals surface area contributed by atoms with E-state index in [9.17, 15) is 18.0 Å². The van der Waals surface area contributed by atoms with Crippen LogP contribution < -0.4 is 9.64 Å². The average Bonchev–Trinajstić information content (AvgIpc) is 4.15. The Balaban J connectivity index is 0.758. The molecule has 4 heterocycles. The smallest absolute Gasteiger partial charge is 0.313 e. The number of hydrogen-bond acceptors (Lipinski definition) is 20. The first kappa shape index (κ1) is 60.2. The number of anilines is 1. The van der Waals surface area contributed by atoms with Crippen LogP contribution in [0.3, 0.4) is 0 Å². The molecule has 22 nitrogen and oxygen atoms in total. The summed E-state index contributed by atoms with van der Waals surface area (Å²) in [6.45, 7) is 6.24. The van der Waals surface area contributed by atoms with Gasteiger partial charge in [0, 0.05) is 40.8 Å². The predicted molar refractivity (Wildman–Crippen MR) is 265 cm³/mol. The van der Waals surface area contributed by atoms with E-state index in [-0.39, 0.29) is 63.7 Å². The summed E-state index contributed by atoms with van der Waals surface area (Å²) in [4.78, 5) is 41.1. The molecule has 2 aromatic carbocycles. The summed E-state index contributed by atoms with van der Waals surface area (Å²) >= 11 is 19.7. The second-order valence-electron chi connectivity index (χ2n) is 16.2. The van der Waals surface area contributed by atoms with E-state index in [2.05, 4.69) is 30.1 Å². The van der Waals surface area contributed by atoms with E-state index in [0.717, 1.165) is 0 Å². The number of nitrogens with zero attached hydrogens (tertiary/aromatic N) is 8. The van der Waals surface area contributed by atoms with Crippen molar-refractivity contribution in [2.45, 2.75) is 51.3 Å². The van der Waals surface area contributed by atoms with Gasteiger partial charge in [-0.1, -0.05) is 34.5 Å². The summed E-state index contributed by atoms with van der Waals surface area (Å²) in [6, 6.07) is 6.15. The first-order valence-electron chi connectivity index (χ1n) is 23.8. The van der Waals surface area contributed by atoms with Crippen molar-refractivity contribution in [2.75, 3.05) is 124 Å². The van der Waals surface area contributed by atoms with Gasteiger partial charge in [-0.2, -0.15) is 15.1 Å². The molecule has 6 rings (SSSR count). The molecule has 414 valence electrons. The van der Waals surface area contributed by atoms with E-state index < -0.39 is 43.8 Å². The Morgan fingerprint density at radius 3 is 2.01 bits per heavy atom. The van der Waals surface area contributed by atoms with E-state index >= 15 is 0 Å². The molecule has 0 saturated carbocycles. The van der Waals surface area contributed by atoms with E-state index in [1.165, 1.54) is 0 Å². The normalized spacial score (nSPS) is 14.7. The van der Waals surface area contributed by atoms with Gasteiger partial charge in [-0.25, -0.2) is 22.5 Å². The highest BCUT2D eigenvalue weighted by Gasteiger charge is 2.30.